The van der Waals surface area contributed by atoms with Crippen molar-refractivity contribution in [2.45, 2.75) is 64.9 Å². The van der Waals surface area contributed by atoms with Crippen LogP contribution in [0.1, 0.15) is 67.1 Å². The maximum atomic E-state index is 13.2. The van der Waals surface area contributed by atoms with Crippen molar-refractivity contribution >= 4 is 17.6 Å². The van der Waals surface area contributed by atoms with E-state index in [0.717, 1.165) is 25.7 Å². The first-order valence-corrected chi connectivity index (χ1v) is 11.3. The summed E-state index contributed by atoms with van der Waals surface area (Å²) in [4.78, 5) is 27.3. The normalized spacial score (nSPS) is 15.7. The van der Waals surface area contributed by atoms with E-state index >= 15 is 0 Å². The molecule has 1 saturated heterocycles. The van der Waals surface area contributed by atoms with Crippen LogP contribution < -0.4 is 5.32 Å². The number of rotatable bonds is 11. The van der Waals surface area contributed by atoms with Gasteiger partial charge in [-0.05, 0) is 50.3 Å². The minimum atomic E-state index is -0.313. The smallest absolute Gasteiger partial charge is 0.254 e. The molecule has 2 aromatic rings. The number of amides is 2. The van der Waals surface area contributed by atoms with Crippen molar-refractivity contribution in [2.24, 2.45) is 0 Å². The molecule has 0 saturated carbocycles. The number of benzene rings is 1. The van der Waals surface area contributed by atoms with Gasteiger partial charge in [-0.15, -0.1) is 0 Å². The molecule has 2 amide bonds. The average molecular weight is 428 g/mol. The molecule has 1 aromatic carbocycles. The van der Waals surface area contributed by atoms with Crippen LogP contribution in [-0.2, 0) is 16.0 Å². The summed E-state index contributed by atoms with van der Waals surface area (Å²) < 4.78 is 10.7. The van der Waals surface area contributed by atoms with Crippen molar-refractivity contribution in [1.82, 2.24) is 10.1 Å². The lowest BCUT2D eigenvalue weighted by Crippen LogP contribution is -2.42. The summed E-state index contributed by atoms with van der Waals surface area (Å²) >= 11 is 0. The second kappa shape index (κ2) is 11.6. The van der Waals surface area contributed by atoms with E-state index in [1.807, 2.05) is 24.3 Å². The van der Waals surface area contributed by atoms with Crippen LogP contribution >= 0.6 is 0 Å². The van der Waals surface area contributed by atoms with E-state index in [0.29, 0.717) is 30.3 Å². The van der Waals surface area contributed by atoms with Crippen molar-refractivity contribution in [3.05, 3.63) is 47.2 Å². The minimum Gasteiger partial charge on any atom is -0.376 e. The molecule has 1 aromatic heterocycles. The Balaban J connectivity index is 1.63. The molecule has 1 N–H and O–H groups in total. The predicted molar refractivity (Wildman–Crippen MR) is 119 cm³/mol. The molecule has 1 atom stereocenters. The number of aromatic nitrogens is 1. The maximum Gasteiger partial charge on any atom is 0.254 e. The molecule has 0 unspecified atom stereocenters. The third-order valence-corrected chi connectivity index (χ3v) is 5.49. The molecule has 7 nitrogen and oxygen atoms in total. The van der Waals surface area contributed by atoms with Crippen LogP contribution in [0.4, 0.5) is 5.82 Å². The van der Waals surface area contributed by atoms with E-state index in [2.05, 4.69) is 17.4 Å². The van der Waals surface area contributed by atoms with E-state index in [1.54, 1.807) is 17.9 Å². The quantitative estimate of drug-likeness (QED) is 0.539. The highest BCUT2D eigenvalue weighted by Crippen LogP contribution is 2.17. The highest BCUT2D eigenvalue weighted by molar-refractivity contribution is 5.99. The number of carbonyl (C=O) groups is 2. The summed E-state index contributed by atoms with van der Waals surface area (Å²) in [5.74, 6) is 0.475. The zero-order valence-electron chi connectivity index (χ0n) is 18.6. The van der Waals surface area contributed by atoms with E-state index < -0.39 is 0 Å². The van der Waals surface area contributed by atoms with E-state index in [4.69, 9.17) is 9.26 Å². The van der Waals surface area contributed by atoms with Crippen molar-refractivity contribution in [2.75, 3.05) is 25.0 Å². The van der Waals surface area contributed by atoms with Crippen LogP contribution in [0.3, 0.4) is 0 Å². The molecule has 168 valence electrons. The molecule has 0 radical (unpaired) electrons. The topological polar surface area (TPSA) is 84.7 Å². The first kappa shape index (κ1) is 23.0. The van der Waals surface area contributed by atoms with Crippen molar-refractivity contribution < 1.29 is 18.8 Å². The summed E-state index contributed by atoms with van der Waals surface area (Å²) in [6.45, 7) is 4.98. The number of hydrogen-bond donors (Lipinski definition) is 1. The number of ether oxygens (including phenoxy) is 1. The van der Waals surface area contributed by atoms with Gasteiger partial charge in [-0.25, -0.2) is 0 Å². The third kappa shape index (κ3) is 7.21. The molecular weight excluding hydrogens is 394 g/mol. The molecule has 0 aliphatic carbocycles. The highest BCUT2D eigenvalue weighted by Gasteiger charge is 2.25. The van der Waals surface area contributed by atoms with Crippen LogP contribution in [0.5, 0.6) is 0 Å². The predicted octanol–water partition coefficient (Wildman–Crippen LogP) is 4.37. The highest BCUT2D eigenvalue weighted by atomic mass is 16.5. The first-order valence-electron chi connectivity index (χ1n) is 11.3. The van der Waals surface area contributed by atoms with Gasteiger partial charge < -0.3 is 19.5 Å². The molecule has 31 heavy (non-hydrogen) atoms. The van der Waals surface area contributed by atoms with Crippen molar-refractivity contribution in [3.63, 3.8) is 0 Å². The molecule has 3 rings (SSSR count). The van der Waals surface area contributed by atoms with Crippen molar-refractivity contribution in [1.29, 1.82) is 0 Å². The molecule has 0 bridgehead atoms. The summed E-state index contributed by atoms with van der Waals surface area (Å²) in [5, 5.41) is 6.47. The number of carbonyl (C=O) groups excluding carboxylic acids is 2. The number of hydrogen-bond acceptors (Lipinski definition) is 5. The van der Waals surface area contributed by atoms with Crippen LogP contribution in [0.2, 0.25) is 0 Å². The molecular formula is C24H33N3O4. The van der Waals surface area contributed by atoms with Gasteiger partial charge in [0.05, 0.1) is 6.10 Å². The molecule has 1 aliphatic rings. The maximum absolute atomic E-state index is 13.2. The zero-order valence-corrected chi connectivity index (χ0v) is 18.6. The Morgan fingerprint density at radius 2 is 2.00 bits per heavy atom. The van der Waals surface area contributed by atoms with Crippen LogP contribution in [0.15, 0.2) is 34.9 Å². The number of aryl methyl sites for hydroxylation is 2. The van der Waals surface area contributed by atoms with E-state index in [1.165, 1.54) is 24.8 Å². The van der Waals surface area contributed by atoms with Crippen molar-refractivity contribution in [3.8, 4) is 0 Å². The Labute approximate surface area is 184 Å². The van der Waals surface area contributed by atoms with Gasteiger partial charge >= 0.3 is 0 Å². The van der Waals surface area contributed by atoms with E-state index in [-0.39, 0.29) is 24.5 Å². The first-order chi connectivity index (χ1) is 15.0. The standard InChI is InChI=1S/C24H33N3O4/c1-3-4-5-6-8-19-10-12-20(13-11-19)24(29)27(16-21-9-7-14-30-21)17-23(28)25-22-15-18(2)31-26-22/h10-13,15,21H,3-9,14,16-17H2,1-2H3,(H,25,26,28)/t21-/m0/s1. The number of anilines is 1. The Hall–Kier alpha value is -2.67. The van der Waals surface area contributed by atoms with Gasteiger partial charge in [0.15, 0.2) is 5.82 Å². The lowest BCUT2D eigenvalue weighted by molar-refractivity contribution is -0.117. The molecule has 0 spiro atoms. The van der Waals surface area contributed by atoms with Gasteiger partial charge in [0, 0.05) is 24.8 Å². The monoisotopic (exact) mass is 427 g/mol. The number of unbranched alkanes of at least 4 members (excludes halogenated alkanes) is 3. The average Bonchev–Trinajstić information content (AvgIpc) is 3.42. The summed E-state index contributed by atoms with van der Waals surface area (Å²) in [6.07, 6.45) is 7.72. The number of nitrogens with one attached hydrogen (secondary N) is 1. The Bertz CT molecular complexity index is 841. The summed E-state index contributed by atoms with van der Waals surface area (Å²) in [5.41, 5.74) is 1.82. The Morgan fingerprint density at radius 1 is 1.19 bits per heavy atom. The summed E-state index contributed by atoms with van der Waals surface area (Å²) in [7, 11) is 0. The second-order valence-corrected chi connectivity index (χ2v) is 8.20. The SMILES string of the molecule is CCCCCCc1ccc(C(=O)N(CC(=O)Nc2cc(C)on2)C[C@@H]2CCCO2)cc1. The van der Waals surface area contributed by atoms with Gasteiger partial charge in [0.2, 0.25) is 5.91 Å². The fourth-order valence-corrected chi connectivity index (χ4v) is 3.79. The largest absolute Gasteiger partial charge is 0.376 e. The van der Waals surface area contributed by atoms with E-state index in [9.17, 15) is 9.59 Å². The number of nitrogens with zero attached hydrogens (tertiary/aromatic N) is 2. The molecule has 2 heterocycles. The molecule has 1 aliphatic heterocycles. The van der Waals surface area contributed by atoms with Gasteiger partial charge in [0.1, 0.15) is 12.3 Å². The Kier molecular flexibility index (Phi) is 8.64. The molecule has 7 heteroatoms. The van der Waals surface area contributed by atoms with Crippen LogP contribution in [0.25, 0.3) is 0 Å². The molecule has 1 fully saturated rings. The third-order valence-electron chi connectivity index (χ3n) is 5.49. The van der Waals surface area contributed by atoms with Gasteiger partial charge in [-0.3, -0.25) is 9.59 Å². The zero-order chi connectivity index (χ0) is 22.1. The lowest BCUT2D eigenvalue weighted by Gasteiger charge is -2.25. The minimum absolute atomic E-state index is 0.0381. The van der Waals surface area contributed by atoms with Gasteiger partial charge in [-0.2, -0.15) is 0 Å². The van der Waals surface area contributed by atoms with Gasteiger partial charge in [0.25, 0.3) is 5.91 Å². The van der Waals surface area contributed by atoms with Gasteiger partial charge in [-0.1, -0.05) is 43.5 Å². The van der Waals surface area contributed by atoms with Crippen LogP contribution in [0, 0.1) is 6.92 Å². The van der Waals surface area contributed by atoms with Crippen LogP contribution in [-0.4, -0.2) is 47.7 Å². The Morgan fingerprint density at radius 3 is 2.65 bits per heavy atom. The lowest BCUT2D eigenvalue weighted by atomic mass is 10.0. The second-order valence-electron chi connectivity index (χ2n) is 8.20. The fourth-order valence-electron chi connectivity index (χ4n) is 3.79. The fraction of sp³-hybridized carbons (Fsp3) is 0.542. The summed E-state index contributed by atoms with van der Waals surface area (Å²) in [6, 6.07) is 9.39.